The molecule has 0 aliphatic carbocycles. The molecule has 0 aromatic heterocycles. The molecule has 0 bridgehead atoms. The van der Waals surface area contributed by atoms with Crippen LogP contribution >= 0.6 is 0 Å². The van der Waals surface area contributed by atoms with Crippen LogP contribution in [0.4, 0.5) is 4.39 Å². The molecule has 2 N–H and O–H groups in total. The normalized spacial score (nSPS) is 13.1. The molecule has 2 aromatic rings. The fourth-order valence-corrected chi connectivity index (χ4v) is 3.84. The number of hydrogen-bond donors (Lipinski definition) is 2. The summed E-state index contributed by atoms with van der Waals surface area (Å²) in [6.07, 6.45) is 1.03. The number of ether oxygens (including phenoxy) is 4. The van der Waals surface area contributed by atoms with E-state index in [9.17, 15) is 19.4 Å². The Morgan fingerprint density at radius 2 is 1.81 bits per heavy atom. The number of carbonyl (C=O) groups excluding carboxylic acids is 1. The SMILES string of the molecule is CCOC(=O)CC(O)CC(O)C=Cc1c(C(C)C)cc(OCCOC)c(OC)c1-c1ccc(F)cc1. The number of hydrogen-bond acceptors (Lipinski definition) is 7. The van der Waals surface area contributed by atoms with Crippen LogP contribution in [0.5, 0.6) is 11.5 Å². The van der Waals surface area contributed by atoms with Crippen molar-refractivity contribution in [3.05, 3.63) is 53.4 Å². The van der Waals surface area contributed by atoms with Crippen LogP contribution in [0, 0.1) is 5.82 Å². The highest BCUT2D eigenvalue weighted by Gasteiger charge is 2.22. The molecule has 0 aliphatic rings. The summed E-state index contributed by atoms with van der Waals surface area (Å²) >= 11 is 0. The molecule has 0 saturated carbocycles. The van der Waals surface area contributed by atoms with Crippen molar-refractivity contribution in [1.82, 2.24) is 0 Å². The minimum atomic E-state index is -1.05. The molecular formula is C28H37FO7. The van der Waals surface area contributed by atoms with E-state index in [1.54, 1.807) is 38.3 Å². The minimum absolute atomic E-state index is 0.0342. The average Bonchev–Trinajstić information content (AvgIpc) is 2.82. The third-order valence-corrected chi connectivity index (χ3v) is 5.53. The zero-order valence-corrected chi connectivity index (χ0v) is 21.6. The minimum Gasteiger partial charge on any atom is -0.492 e. The standard InChI is InChI=1S/C28H37FO7/c1-6-35-26(32)16-22(31)15-21(30)11-12-23-24(18(2)3)17-25(36-14-13-33-4)28(34-5)27(23)19-7-9-20(29)10-8-19/h7-12,17-18,21-22,30-31H,6,13-16H2,1-5H3. The van der Waals surface area contributed by atoms with E-state index >= 15 is 0 Å². The maximum absolute atomic E-state index is 13.7. The van der Waals surface area contributed by atoms with Gasteiger partial charge in [0.2, 0.25) is 0 Å². The summed E-state index contributed by atoms with van der Waals surface area (Å²) < 4.78 is 35.4. The van der Waals surface area contributed by atoms with Gasteiger partial charge in [0.1, 0.15) is 12.4 Å². The predicted octanol–water partition coefficient (Wildman–Crippen LogP) is 4.73. The molecular weight excluding hydrogens is 467 g/mol. The van der Waals surface area contributed by atoms with Crippen LogP contribution in [0.1, 0.15) is 50.7 Å². The van der Waals surface area contributed by atoms with Crippen LogP contribution in [0.25, 0.3) is 17.2 Å². The Morgan fingerprint density at radius 3 is 2.39 bits per heavy atom. The molecule has 198 valence electrons. The Balaban J connectivity index is 2.52. The second-order valence-corrected chi connectivity index (χ2v) is 8.61. The van der Waals surface area contributed by atoms with Crippen LogP contribution in [0.3, 0.4) is 0 Å². The highest BCUT2D eigenvalue weighted by molar-refractivity contribution is 5.85. The van der Waals surface area contributed by atoms with Gasteiger partial charge in [-0.05, 0) is 47.7 Å². The first-order valence-electron chi connectivity index (χ1n) is 12.0. The highest BCUT2D eigenvalue weighted by Crippen LogP contribution is 2.45. The van der Waals surface area contributed by atoms with E-state index in [0.717, 1.165) is 11.1 Å². The van der Waals surface area contributed by atoms with Crippen molar-refractivity contribution in [3.8, 4) is 22.6 Å². The molecule has 0 fully saturated rings. The van der Waals surface area contributed by atoms with E-state index in [1.807, 2.05) is 19.9 Å². The lowest BCUT2D eigenvalue weighted by Gasteiger charge is -2.22. The van der Waals surface area contributed by atoms with Gasteiger partial charge in [-0.3, -0.25) is 4.79 Å². The van der Waals surface area contributed by atoms with Gasteiger partial charge in [0.15, 0.2) is 11.5 Å². The maximum atomic E-state index is 13.7. The first-order valence-corrected chi connectivity index (χ1v) is 12.0. The van der Waals surface area contributed by atoms with E-state index in [-0.39, 0.29) is 31.2 Å². The van der Waals surface area contributed by atoms with Crippen LogP contribution in [0.2, 0.25) is 0 Å². The van der Waals surface area contributed by atoms with Crippen molar-refractivity contribution in [2.75, 3.05) is 34.0 Å². The van der Waals surface area contributed by atoms with Crippen molar-refractivity contribution in [3.63, 3.8) is 0 Å². The van der Waals surface area contributed by atoms with Gasteiger partial charge in [-0.15, -0.1) is 0 Å². The molecule has 0 heterocycles. The summed E-state index contributed by atoms with van der Waals surface area (Å²) in [6.45, 7) is 6.70. The third-order valence-electron chi connectivity index (χ3n) is 5.53. The molecule has 0 saturated heterocycles. The highest BCUT2D eigenvalue weighted by atomic mass is 19.1. The van der Waals surface area contributed by atoms with Gasteiger partial charge in [0.05, 0.1) is 39.0 Å². The van der Waals surface area contributed by atoms with E-state index in [1.165, 1.54) is 19.2 Å². The Kier molecular flexibility index (Phi) is 11.9. The van der Waals surface area contributed by atoms with Crippen molar-refractivity contribution in [2.45, 2.75) is 51.7 Å². The van der Waals surface area contributed by atoms with E-state index in [2.05, 4.69) is 0 Å². The molecule has 0 spiro atoms. The number of rotatable bonds is 14. The van der Waals surface area contributed by atoms with Gasteiger partial charge in [-0.1, -0.05) is 38.1 Å². The zero-order valence-electron chi connectivity index (χ0n) is 21.6. The van der Waals surface area contributed by atoms with E-state index < -0.39 is 18.2 Å². The summed E-state index contributed by atoms with van der Waals surface area (Å²) in [5, 5.41) is 20.7. The predicted molar refractivity (Wildman–Crippen MR) is 137 cm³/mol. The largest absolute Gasteiger partial charge is 0.492 e. The number of halogens is 1. The molecule has 0 amide bonds. The number of benzene rings is 2. The quantitative estimate of drug-likeness (QED) is 0.284. The van der Waals surface area contributed by atoms with E-state index in [4.69, 9.17) is 18.9 Å². The lowest BCUT2D eigenvalue weighted by molar-refractivity contribution is -0.145. The Labute approximate surface area is 212 Å². The van der Waals surface area contributed by atoms with Crippen LogP contribution in [-0.4, -0.2) is 62.4 Å². The molecule has 36 heavy (non-hydrogen) atoms. The molecule has 0 aliphatic heterocycles. The zero-order chi connectivity index (χ0) is 26.7. The van der Waals surface area contributed by atoms with Gasteiger partial charge in [0.25, 0.3) is 0 Å². The van der Waals surface area contributed by atoms with Gasteiger partial charge in [-0.25, -0.2) is 4.39 Å². The second kappa shape index (κ2) is 14.6. The molecule has 2 atom stereocenters. The lowest BCUT2D eigenvalue weighted by atomic mass is 9.88. The first-order chi connectivity index (χ1) is 17.2. The average molecular weight is 505 g/mol. The summed E-state index contributed by atoms with van der Waals surface area (Å²) in [4.78, 5) is 11.6. The number of carbonyl (C=O) groups is 1. The van der Waals surface area contributed by atoms with Crippen molar-refractivity contribution in [2.24, 2.45) is 0 Å². The fourth-order valence-electron chi connectivity index (χ4n) is 3.84. The molecule has 2 rings (SSSR count). The number of methoxy groups -OCH3 is 2. The van der Waals surface area contributed by atoms with Gasteiger partial charge in [-0.2, -0.15) is 0 Å². The first kappa shape index (κ1) is 29.3. The van der Waals surface area contributed by atoms with Gasteiger partial charge < -0.3 is 29.2 Å². The Hall–Kier alpha value is -2.94. The Bertz CT molecular complexity index is 1000. The van der Waals surface area contributed by atoms with Crippen molar-refractivity contribution in [1.29, 1.82) is 0 Å². The van der Waals surface area contributed by atoms with Crippen LogP contribution < -0.4 is 9.47 Å². The smallest absolute Gasteiger partial charge is 0.308 e. The number of aliphatic hydroxyl groups is 2. The van der Waals surface area contributed by atoms with Gasteiger partial charge in [0, 0.05) is 19.1 Å². The van der Waals surface area contributed by atoms with Crippen LogP contribution in [-0.2, 0) is 14.3 Å². The lowest BCUT2D eigenvalue weighted by Crippen LogP contribution is -2.20. The molecule has 7 nitrogen and oxygen atoms in total. The third kappa shape index (κ3) is 8.33. The molecule has 8 heteroatoms. The second-order valence-electron chi connectivity index (χ2n) is 8.61. The van der Waals surface area contributed by atoms with Crippen LogP contribution in [0.15, 0.2) is 36.4 Å². The molecule has 2 aromatic carbocycles. The molecule has 2 unspecified atom stereocenters. The molecule has 0 radical (unpaired) electrons. The van der Waals surface area contributed by atoms with Gasteiger partial charge >= 0.3 is 5.97 Å². The topological polar surface area (TPSA) is 94.5 Å². The fraction of sp³-hybridized carbons (Fsp3) is 0.464. The summed E-state index contributed by atoms with van der Waals surface area (Å²) in [7, 11) is 3.13. The van der Waals surface area contributed by atoms with Crippen molar-refractivity contribution >= 4 is 12.0 Å². The summed E-state index contributed by atoms with van der Waals surface area (Å²) in [5.74, 6) is 0.192. The van der Waals surface area contributed by atoms with E-state index in [0.29, 0.717) is 35.8 Å². The Morgan fingerprint density at radius 1 is 1.11 bits per heavy atom. The summed E-state index contributed by atoms with van der Waals surface area (Å²) in [5.41, 5.74) is 3.10. The monoisotopic (exact) mass is 504 g/mol. The number of aliphatic hydroxyl groups excluding tert-OH is 2. The van der Waals surface area contributed by atoms with Crippen molar-refractivity contribution < 1.29 is 38.3 Å². The maximum Gasteiger partial charge on any atom is 0.308 e. The number of esters is 1. The summed E-state index contributed by atoms with van der Waals surface area (Å²) in [6, 6.07) is 7.96.